The molecule has 0 heterocycles. The Morgan fingerprint density at radius 2 is 1.10 bits per heavy atom. The zero-order valence-corrected chi connectivity index (χ0v) is 16.1. The molecule has 0 saturated carbocycles. The molecular weight excluding hydrogens is 282 g/mol. The third-order valence-corrected chi connectivity index (χ3v) is 7.05. The lowest BCUT2D eigenvalue weighted by atomic mass is 10.4. The highest BCUT2D eigenvalue weighted by Gasteiger charge is 2.48. The fourth-order valence-corrected chi connectivity index (χ4v) is 4.77. The lowest BCUT2D eigenvalue weighted by molar-refractivity contribution is 0.0338. The first-order chi connectivity index (χ1) is 10.0. The normalized spacial score (nSPS) is 13.9. The Bertz CT molecular complexity index is 213. The third-order valence-electron chi connectivity index (χ3n) is 3.69. The van der Waals surface area contributed by atoms with Crippen LogP contribution in [0.1, 0.15) is 66.2 Å². The maximum atomic E-state index is 6.24. The summed E-state index contributed by atoms with van der Waals surface area (Å²) in [6.45, 7) is 10.9. The summed E-state index contributed by atoms with van der Waals surface area (Å²) in [5, 5.41) is 0. The fourth-order valence-electron chi connectivity index (χ4n) is 1.88. The summed E-state index contributed by atoms with van der Waals surface area (Å²) in [4.78, 5) is 2.16. The minimum Gasteiger partial charge on any atom is -0.373 e. The van der Waals surface area contributed by atoms with Gasteiger partial charge in [0.15, 0.2) is 0 Å². The molecular formula is C16H37NO3Si. The van der Waals surface area contributed by atoms with Gasteiger partial charge in [0.1, 0.15) is 0 Å². The van der Waals surface area contributed by atoms with Gasteiger partial charge in [0.2, 0.25) is 0 Å². The van der Waals surface area contributed by atoms with E-state index in [0.717, 1.165) is 58.3 Å². The Labute approximate surface area is 133 Å². The van der Waals surface area contributed by atoms with E-state index in [4.69, 9.17) is 13.3 Å². The van der Waals surface area contributed by atoms with E-state index in [9.17, 15) is 0 Å². The number of rotatable bonds is 14. The van der Waals surface area contributed by atoms with Crippen molar-refractivity contribution >= 4 is 8.80 Å². The summed E-state index contributed by atoms with van der Waals surface area (Å²) in [5.74, 6) is 0. The van der Waals surface area contributed by atoms with Crippen LogP contribution in [0.3, 0.4) is 0 Å². The van der Waals surface area contributed by atoms with Crippen molar-refractivity contribution in [1.29, 1.82) is 0 Å². The maximum Gasteiger partial charge on any atom is 0.518 e. The van der Waals surface area contributed by atoms with E-state index in [0.29, 0.717) is 0 Å². The van der Waals surface area contributed by atoms with Crippen LogP contribution in [0.25, 0.3) is 0 Å². The molecule has 1 unspecified atom stereocenters. The molecule has 0 aliphatic carbocycles. The highest BCUT2D eigenvalue weighted by atomic mass is 28.4. The van der Waals surface area contributed by atoms with Gasteiger partial charge < -0.3 is 18.2 Å². The Hall–Kier alpha value is 0.0569. The van der Waals surface area contributed by atoms with E-state index in [-0.39, 0.29) is 5.67 Å². The fraction of sp³-hybridized carbons (Fsp3) is 1.00. The van der Waals surface area contributed by atoms with Crippen molar-refractivity contribution in [1.82, 2.24) is 4.90 Å². The first-order valence-corrected chi connectivity index (χ1v) is 10.4. The smallest absolute Gasteiger partial charge is 0.373 e. The van der Waals surface area contributed by atoms with Crippen LogP contribution in [-0.2, 0) is 13.3 Å². The van der Waals surface area contributed by atoms with E-state index in [1.807, 2.05) is 0 Å². The summed E-state index contributed by atoms with van der Waals surface area (Å²) in [5.41, 5.74) is 0.183. The minimum absolute atomic E-state index is 0.183. The van der Waals surface area contributed by atoms with Gasteiger partial charge in [0.05, 0.1) is 5.67 Å². The Kier molecular flexibility index (Phi) is 12.6. The SMILES string of the molecule is CCCCO[Si](OCCCC)(OCCCC)C(C)N(C)C. The van der Waals surface area contributed by atoms with Gasteiger partial charge >= 0.3 is 8.80 Å². The highest BCUT2D eigenvalue weighted by molar-refractivity contribution is 6.62. The van der Waals surface area contributed by atoms with Crippen molar-refractivity contribution < 1.29 is 13.3 Å². The molecule has 0 spiro atoms. The molecule has 0 N–H and O–H groups in total. The van der Waals surface area contributed by atoms with Gasteiger partial charge in [-0.3, -0.25) is 0 Å². The lowest BCUT2D eigenvalue weighted by Crippen LogP contribution is -2.60. The predicted octanol–water partition coefficient (Wildman–Crippen LogP) is 3.86. The van der Waals surface area contributed by atoms with Crippen LogP contribution >= 0.6 is 0 Å². The van der Waals surface area contributed by atoms with E-state index < -0.39 is 8.80 Å². The zero-order chi connectivity index (χ0) is 16.1. The summed E-state index contributed by atoms with van der Waals surface area (Å²) >= 11 is 0. The van der Waals surface area contributed by atoms with Crippen LogP contribution in [0, 0.1) is 0 Å². The molecule has 0 aromatic heterocycles. The minimum atomic E-state index is -2.65. The van der Waals surface area contributed by atoms with E-state index in [1.54, 1.807) is 0 Å². The lowest BCUT2D eigenvalue weighted by Gasteiger charge is -2.37. The maximum absolute atomic E-state index is 6.24. The van der Waals surface area contributed by atoms with Crippen LogP contribution in [0.5, 0.6) is 0 Å². The molecule has 0 saturated heterocycles. The largest absolute Gasteiger partial charge is 0.518 e. The summed E-state index contributed by atoms with van der Waals surface area (Å²) < 4.78 is 18.7. The molecule has 0 amide bonds. The molecule has 0 aliphatic rings. The second kappa shape index (κ2) is 12.6. The van der Waals surface area contributed by atoms with Crippen LogP contribution in [0.4, 0.5) is 0 Å². The third kappa shape index (κ3) is 8.31. The van der Waals surface area contributed by atoms with Crippen molar-refractivity contribution in [3.63, 3.8) is 0 Å². The molecule has 0 rings (SSSR count). The molecule has 4 nitrogen and oxygen atoms in total. The van der Waals surface area contributed by atoms with Crippen LogP contribution in [0.15, 0.2) is 0 Å². The number of hydrogen-bond donors (Lipinski definition) is 0. The average molecular weight is 320 g/mol. The topological polar surface area (TPSA) is 30.9 Å². The predicted molar refractivity (Wildman–Crippen MR) is 91.5 cm³/mol. The van der Waals surface area contributed by atoms with E-state index >= 15 is 0 Å². The van der Waals surface area contributed by atoms with Crippen molar-refractivity contribution in [2.24, 2.45) is 0 Å². The molecule has 0 aromatic carbocycles. The van der Waals surface area contributed by atoms with Gasteiger partial charge in [-0.25, -0.2) is 0 Å². The summed E-state index contributed by atoms with van der Waals surface area (Å²) in [7, 11) is 1.49. The highest BCUT2D eigenvalue weighted by Crippen LogP contribution is 2.20. The second-order valence-electron chi connectivity index (χ2n) is 5.85. The molecule has 128 valence electrons. The molecule has 21 heavy (non-hydrogen) atoms. The first kappa shape index (κ1) is 21.1. The van der Waals surface area contributed by atoms with E-state index in [1.165, 1.54) is 0 Å². The van der Waals surface area contributed by atoms with Crippen molar-refractivity contribution in [3.05, 3.63) is 0 Å². The first-order valence-electron chi connectivity index (χ1n) is 8.62. The average Bonchev–Trinajstić information content (AvgIpc) is 2.46. The molecule has 0 bridgehead atoms. The Balaban J connectivity index is 4.86. The molecule has 0 fully saturated rings. The van der Waals surface area contributed by atoms with Crippen LogP contribution in [0.2, 0.25) is 0 Å². The summed E-state index contributed by atoms with van der Waals surface area (Å²) in [6, 6.07) is 0. The standard InChI is InChI=1S/C16H37NO3Si/c1-7-10-13-18-21(16(4)17(5)6,19-14-11-8-2)20-15-12-9-3/h16H,7-15H2,1-6H3. The number of hydrogen-bond acceptors (Lipinski definition) is 4. The summed E-state index contributed by atoms with van der Waals surface area (Å²) in [6.07, 6.45) is 6.57. The molecule has 0 radical (unpaired) electrons. The Morgan fingerprint density at radius 1 is 0.762 bits per heavy atom. The van der Waals surface area contributed by atoms with Crippen molar-refractivity contribution in [2.45, 2.75) is 71.9 Å². The van der Waals surface area contributed by atoms with E-state index in [2.05, 4.69) is 46.7 Å². The van der Waals surface area contributed by atoms with Gasteiger partial charge in [-0.15, -0.1) is 0 Å². The number of unbranched alkanes of at least 4 members (excludes halogenated alkanes) is 3. The quantitative estimate of drug-likeness (QED) is 0.359. The van der Waals surface area contributed by atoms with Gasteiger partial charge in [0.25, 0.3) is 0 Å². The van der Waals surface area contributed by atoms with Crippen LogP contribution in [-0.4, -0.2) is 53.3 Å². The van der Waals surface area contributed by atoms with Crippen LogP contribution < -0.4 is 0 Å². The van der Waals surface area contributed by atoms with Gasteiger partial charge in [0, 0.05) is 19.8 Å². The van der Waals surface area contributed by atoms with Crippen molar-refractivity contribution in [2.75, 3.05) is 33.9 Å². The van der Waals surface area contributed by atoms with Gasteiger partial charge in [-0.1, -0.05) is 40.0 Å². The number of nitrogens with zero attached hydrogens (tertiary/aromatic N) is 1. The molecule has 1 atom stereocenters. The molecule has 5 heteroatoms. The molecule has 0 aromatic rings. The second-order valence-corrected chi connectivity index (χ2v) is 8.76. The Morgan fingerprint density at radius 3 is 1.33 bits per heavy atom. The van der Waals surface area contributed by atoms with Gasteiger partial charge in [-0.2, -0.15) is 0 Å². The monoisotopic (exact) mass is 319 g/mol. The zero-order valence-electron chi connectivity index (χ0n) is 15.1. The van der Waals surface area contributed by atoms with Crippen molar-refractivity contribution in [3.8, 4) is 0 Å². The van der Waals surface area contributed by atoms with Gasteiger partial charge in [-0.05, 0) is 40.3 Å². The molecule has 0 aliphatic heterocycles.